The Morgan fingerprint density at radius 1 is 1.32 bits per heavy atom. The highest BCUT2D eigenvalue weighted by Crippen LogP contribution is 2.19. The average molecular weight is 341 g/mol. The second-order valence-corrected chi connectivity index (χ2v) is 5.73. The van der Waals surface area contributed by atoms with Crippen molar-refractivity contribution in [3.63, 3.8) is 0 Å². The standard InChI is InChI=1S/C18H19N3O4/c1-20(11-15-5-2-4-14(8-15)10-19)12-17(22)13-25-18-7-3-6-16(9-18)21(23)24/h2-9,17,22H,11-13H2,1H3. The Balaban J connectivity index is 1.83. The van der Waals surface area contributed by atoms with Crippen LogP contribution >= 0.6 is 0 Å². The first-order chi connectivity index (χ1) is 12.0. The van der Waals surface area contributed by atoms with Gasteiger partial charge in [-0.3, -0.25) is 15.0 Å². The number of nitro groups is 1. The Morgan fingerprint density at radius 3 is 2.80 bits per heavy atom. The summed E-state index contributed by atoms with van der Waals surface area (Å²) in [5.41, 5.74) is 1.52. The molecular formula is C18H19N3O4. The van der Waals surface area contributed by atoms with Crippen LogP contribution in [0.2, 0.25) is 0 Å². The van der Waals surface area contributed by atoms with Gasteiger partial charge in [0, 0.05) is 19.2 Å². The van der Waals surface area contributed by atoms with Gasteiger partial charge in [0.2, 0.25) is 0 Å². The third kappa shape index (κ3) is 5.88. The maximum atomic E-state index is 10.7. The van der Waals surface area contributed by atoms with Crippen LogP contribution in [-0.2, 0) is 6.54 Å². The van der Waals surface area contributed by atoms with Crippen molar-refractivity contribution in [3.8, 4) is 11.8 Å². The number of rotatable bonds is 8. The van der Waals surface area contributed by atoms with Gasteiger partial charge in [-0.25, -0.2) is 0 Å². The highest BCUT2D eigenvalue weighted by molar-refractivity contribution is 5.38. The van der Waals surface area contributed by atoms with E-state index < -0.39 is 11.0 Å². The van der Waals surface area contributed by atoms with E-state index >= 15 is 0 Å². The third-order valence-corrected chi connectivity index (χ3v) is 3.50. The molecule has 0 aliphatic heterocycles. The SMILES string of the molecule is CN(Cc1cccc(C#N)c1)CC(O)COc1cccc([N+](=O)[O-])c1. The summed E-state index contributed by atoms with van der Waals surface area (Å²) in [5, 5.41) is 29.7. The molecule has 0 aliphatic carbocycles. The third-order valence-electron chi connectivity index (χ3n) is 3.50. The summed E-state index contributed by atoms with van der Waals surface area (Å²) < 4.78 is 5.42. The summed E-state index contributed by atoms with van der Waals surface area (Å²) in [6, 6.07) is 15.2. The highest BCUT2D eigenvalue weighted by atomic mass is 16.6. The van der Waals surface area contributed by atoms with Crippen LogP contribution in [-0.4, -0.2) is 41.2 Å². The average Bonchev–Trinajstić information content (AvgIpc) is 2.60. The van der Waals surface area contributed by atoms with Gasteiger partial charge in [-0.05, 0) is 30.8 Å². The molecule has 0 fully saturated rings. The zero-order chi connectivity index (χ0) is 18.2. The molecule has 1 atom stereocenters. The van der Waals surface area contributed by atoms with Gasteiger partial charge in [-0.2, -0.15) is 5.26 Å². The molecule has 0 amide bonds. The van der Waals surface area contributed by atoms with Gasteiger partial charge in [-0.15, -0.1) is 0 Å². The van der Waals surface area contributed by atoms with Crippen molar-refractivity contribution in [2.45, 2.75) is 12.6 Å². The number of aliphatic hydroxyl groups is 1. The van der Waals surface area contributed by atoms with Crippen LogP contribution in [0, 0.1) is 21.4 Å². The zero-order valence-corrected chi connectivity index (χ0v) is 13.8. The summed E-state index contributed by atoms with van der Waals surface area (Å²) >= 11 is 0. The first-order valence-corrected chi connectivity index (χ1v) is 7.71. The minimum Gasteiger partial charge on any atom is -0.491 e. The van der Waals surface area contributed by atoms with E-state index in [-0.39, 0.29) is 12.3 Å². The van der Waals surface area contributed by atoms with Crippen molar-refractivity contribution in [2.24, 2.45) is 0 Å². The van der Waals surface area contributed by atoms with E-state index in [0.717, 1.165) is 5.56 Å². The highest BCUT2D eigenvalue weighted by Gasteiger charge is 2.12. The molecule has 2 rings (SSSR count). The lowest BCUT2D eigenvalue weighted by Crippen LogP contribution is -2.32. The summed E-state index contributed by atoms with van der Waals surface area (Å²) in [4.78, 5) is 12.2. The number of nitrogens with zero attached hydrogens (tertiary/aromatic N) is 3. The number of likely N-dealkylation sites (N-methyl/N-ethyl adjacent to an activating group) is 1. The van der Waals surface area contributed by atoms with Crippen LogP contribution in [0.3, 0.4) is 0 Å². The molecule has 0 spiro atoms. The predicted molar refractivity (Wildman–Crippen MR) is 92.1 cm³/mol. The van der Waals surface area contributed by atoms with Crippen LogP contribution in [0.25, 0.3) is 0 Å². The Bertz CT molecular complexity index is 773. The molecule has 0 aromatic heterocycles. The van der Waals surface area contributed by atoms with Gasteiger partial charge in [0.15, 0.2) is 0 Å². The first-order valence-electron chi connectivity index (χ1n) is 7.71. The van der Waals surface area contributed by atoms with E-state index in [2.05, 4.69) is 6.07 Å². The number of ether oxygens (including phenoxy) is 1. The van der Waals surface area contributed by atoms with Crippen LogP contribution in [0.15, 0.2) is 48.5 Å². The molecule has 0 bridgehead atoms. The van der Waals surface area contributed by atoms with E-state index in [9.17, 15) is 15.2 Å². The lowest BCUT2D eigenvalue weighted by Gasteiger charge is -2.21. The molecule has 130 valence electrons. The van der Waals surface area contributed by atoms with E-state index in [1.807, 2.05) is 30.1 Å². The number of benzene rings is 2. The van der Waals surface area contributed by atoms with Crippen LogP contribution in [0.4, 0.5) is 5.69 Å². The van der Waals surface area contributed by atoms with Gasteiger partial charge in [0.05, 0.1) is 22.6 Å². The number of nitriles is 1. The largest absolute Gasteiger partial charge is 0.491 e. The van der Waals surface area contributed by atoms with Crippen LogP contribution in [0.1, 0.15) is 11.1 Å². The quantitative estimate of drug-likeness (QED) is 0.584. The second-order valence-electron chi connectivity index (χ2n) is 5.73. The summed E-state index contributed by atoms with van der Waals surface area (Å²) in [7, 11) is 1.86. The fourth-order valence-corrected chi connectivity index (χ4v) is 2.41. The molecule has 7 nitrogen and oxygen atoms in total. The van der Waals surface area contributed by atoms with Crippen LogP contribution in [0.5, 0.6) is 5.75 Å². The molecule has 0 saturated carbocycles. The molecule has 0 aliphatic rings. The maximum absolute atomic E-state index is 10.7. The number of hydrogen-bond acceptors (Lipinski definition) is 6. The van der Waals surface area contributed by atoms with Gasteiger partial charge >= 0.3 is 0 Å². The molecule has 2 aromatic carbocycles. The normalized spacial score (nSPS) is 11.8. The molecule has 7 heteroatoms. The number of hydrogen-bond donors (Lipinski definition) is 1. The summed E-state index contributed by atoms with van der Waals surface area (Å²) in [6.07, 6.45) is -0.747. The first kappa shape index (κ1) is 18.4. The zero-order valence-electron chi connectivity index (χ0n) is 13.8. The number of aliphatic hydroxyl groups excluding tert-OH is 1. The van der Waals surface area contributed by atoms with Crippen molar-refractivity contribution in [1.29, 1.82) is 5.26 Å². The van der Waals surface area contributed by atoms with E-state index in [4.69, 9.17) is 10.00 Å². The van der Waals surface area contributed by atoms with Crippen LogP contribution < -0.4 is 4.74 Å². The predicted octanol–water partition coefficient (Wildman–Crippen LogP) is 2.34. The van der Waals surface area contributed by atoms with Gasteiger partial charge in [0.1, 0.15) is 18.5 Å². The fourth-order valence-electron chi connectivity index (χ4n) is 2.41. The molecule has 2 aromatic rings. The Hall–Kier alpha value is -2.95. The molecule has 0 saturated heterocycles. The minimum atomic E-state index is -0.747. The van der Waals surface area contributed by atoms with Crippen molar-refractivity contribution >= 4 is 5.69 Å². The molecule has 1 N–H and O–H groups in total. The van der Waals surface area contributed by atoms with E-state index in [0.29, 0.717) is 24.4 Å². The molecule has 1 unspecified atom stereocenters. The topological polar surface area (TPSA) is 99.6 Å². The Morgan fingerprint density at radius 2 is 2.08 bits per heavy atom. The Labute approximate surface area is 145 Å². The van der Waals surface area contributed by atoms with Crippen molar-refractivity contribution < 1.29 is 14.8 Å². The number of nitro benzene ring substituents is 1. The fraction of sp³-hybridized carbons (Fsp3) is 0.278. The minimum absolute atomic E-state index is 0.0315. The van der Waals surface area contributed by atoms with Crippen molar-refractivity contribution in [3.05, 3.63) is 69.8 Å². The smallest absolute Gasteiger partial charge is 0.273 e. The van der Waals surface area contributed by atoms with Crippen molar-refractivity contribution in [1.82, 2.24) is 4.90 Å². The lowest BCUT2D eigenvalue weighted by molar-refractivity contribution is -0.384. The molecular weight excluding hydrogens is 322 g/mol. The monoisotopic (exact) mass is 341 g/mol. The number of non-ortho nitro benzene ring substituents is 1. The summed E-state index contributed by atoms with van der Waals surface area (Å²) in [5.74, 6) is 0.345. The molecule has 0 heterocycles. The van der Waals surface area contributed by atoms with Crippen molar-refractivity contribution in [2.75, 3.05) is 20.2 Å². The molecule has 0 radical (unpaired) electrons. The summed E-state index contributed by atoms with van der Waals surface area (Å²) in [6.45, 7) is 0.985. The molecule has 25 heavy (non-hydrogen) atoms. The second kappa shape index (κ2) is 8.78. The Kier molecular flexibility index (Phi) is 6.46. The van der Waals surface area contributed by atoms with Gasteiger partial charge in [0.25, 0.3) is 5.69 Å². The van der Waals surface area contributed by atoms with E-state index in [1.54, 1.807) is 12.1 Å². The van der Waals surface area contributed by atoms with E-state index in [1.165, 1.54) is 18.2 Å². The van der Waals surface area contributed by atoms with Gasteiger partial charge in [-0.1, -0.05) is 18.2 Å². The lowest BCUT2D eigenvalue weighted by atomic mass is 10.1. The maximum Gasteiger partial charge on any atom is 0.273 e. The van der Waals surface area contributed by atoms with Gasteiger partial charge < -0.3 is 9.84 Å².